The molecule has 1 atom stereocenters. The molecule has 0 bridgehead atoms. The Bertz CT molecular complexity index is 422. The molecule has 6 heteroatoms. The number of rotatable bonds is 5. The lowest BCUT2D eigenvalue weighted by Crippen LogP contribution is -2.21. The van der Waals surface area contributed by atoms with Crippen molar-refractivity contribution in [3.05, 3.63) is 23.3 Å². The SMILES string of the molecule is COc1cc(CF)cc(C(N)C(=O)O)c1OC. The van der Waals surface area contributed by atoms with E-state index in [0.717, 1.165) is 0 Å². The normalized spacial score (nSPS) is 12.0. The summed E-state index contributed by atoms with van der Waals surface area (Å²) in [4.78, 5) is 10.9. The van der Waals surface area contributed by atoms with Crippen LogP contribution in [0.15, 0.2) is 12.1 Å². The molecule has 0 fully saturated rings. The molecule has 0 radical (unpaired) electrons. The third-order valence-electron chi connectivity index (χ3n) is 2.32. The van der Waals surface area contributed by atoms with Crippen molar-refractivity contribution in [2.24, 2.45) is 5.73 Å². The monoisotopic (exact) mass is 243 g/mol. The second-order valence-corrected chi connectivity index (χ2v) is 3.37. The number of hydrogen-bond acceptors (Lipinski definition) is 4. The van der Waals surface area contributed by atoms with Crippen molar-refractivity contribution in [2.75, 3.05) is 14.2 Å². The zero-order chi connectivity index (χ0) is 13.0. The van der Waals surface area contributed by atoms with Gasteiger partial charge in [0.2, 0.25) is 0 Å². The molecule has 0 spiro atoms. The zero-order valence-corrected chi connectivity index (χ0v) is 9.57. The van der Waals surface area contributed by atoms with E-state index in [1.54, 1.807) is 0 Å². The van der Waals surface area contributed by atoms with E-state index in [9.17, 15) is 9.18 Å². The van der Waals surface area contributed by atoms with Crippen LogP contribution in [0.25, 0.3) is 0 Å². The maximum Gasteiger partial charge on any atom is 0.325 e. The summed E-state index contributed by atoms with van der Waals surface area (Å²) in [6.07, 6.45) is 0. The van der Waals surface area contributed by atoms with Crippen LogP contribution in [0.3, 0.4) is 0 Å². The molecule has 0 saturated carbocycles. The summed E-state index contributed by atoms with van der Waals surface area (Å²) in [6, 6.07) is 1.52. The number of carboxylic acids is 1. The molecule has 0 aliphatic carbocycles. The van der Waals surface area contributed by atoms with Crippen molar-refractivity contribution in [3.63, 3.8) is 0 Å². The number of methoxy groups -OCH3 is 2. The van der Waals surface area contributed by atoms with Crippen molar-refractivity contribution in [1.29, 1.82) is 0 Å². The molecule has 17 heavy (non-hydrogen) atoms. The summed E-state index contributed by atoms with van der Waals surface area (Å²) < 4.78 is 22.7. The molecule has 1 rings (SSSR count). The van der Waals surface area contributed by atoms with E-state index in [1.807, 2.05) is 0 Å². The maximum atomic E-state index is 12.6. The highest BCUT2D eigenvalue weighted by Crippen LogP contribution is 2.35. The van der Waals surface area contributed by atoms with E-state index >= 15 is 0 Å². The maximum absolute atomic E-state index is 12.6. The molecular weight excluding hydrogens is 229 g/mol. The molecule has 1 aromatic carbocycles. The quantitative estimate of drug-likeness (QED) is 0.813. The molecule has 0 aliphatic heterocycles. The van der Waals surface area contributed by atoms with Gasteiger partial charge in [0, 0.05) is 5.56 Å². The van der Waals surface area contributed by atoms with E-state index in [1.165, 1.54) is 26.4 Å². The highest BCUT2D eigenvalue weighted by molar-refractivity contribution is 5.77. The second-order valence-electron chi connectivity index (χ2n) is 3.37. The van der Waals surface area contributed by atoms with Gasteiger partial charge in [-0.2, -0.15) is 0 Å². The Morgan fingerprint density at radius 3 is 2.53 bits per heavy atom. The van der Waals surface area contributed by atoms with Crippen LogP contribution >= 0.6 is 0 Å². The van der Waals surface area contributed by atoms with E-state index in [0.29, 0.717) is 0 Å². The van der Waals surface area contributed by atoms with Gasteiger partial charge in [-0.15, -0.1) is 0 Å². The Morgan fingerprint density at radius 2 is 2.12 bits per heavy atom. The highest BCUT2D eigenvalue weighted by Gasteiger charge is 2.22. The van der Waals surface area contributed by atoms with Gasteiger partial charge in [-0.25, -0.2) is 4.39 Å². The van der Waals surface area contributed by atoms with Gasteiger partial charge < -0.3 is 20.3 Å². The molecule has 0 saturated heterocycles. The van der Waals surface area contributed by atoms with Gasteiger partial charge in [0.1, 0.15) is 12.7 Å². The summed E-state index contributed by atoms with van der Waals surface area (Å²) in [7, 11) is 2.75. The lowest BCUT2D eigenvalue weighted by Gasteiger charge is -2.16. The van der Waals surface area contributed by atoms with Crippen molar-refractivity contribution in [3.8, 4) is 11.5 Å². The van der Waals surface area contributed by atoms with Gasteiger partial charge in [0.15, 0.2) is 11.5 Å². The van der Waals surface area contributed by atoms with Gasteiger partial charge in [0.25, 0.3) is 0 Å². The van der Waals surface area contributed by atoms with Gasteiger partial charge in [-0.1, -0.05) is 0 Å². The van der Waals surface area contributed by atoms with Crippen LogP contribution in [0.5, 0.6) is 11.5 Å². The van der Waals surface area contributed by atoms with Crippen LogP contribution in [0.1, 0.15) is 17.2 Å². The standard InChI is InChI=1S/C11H14FNO4/c1-16-8-4-6(5-12)3-7(10(8)17-2)9(13)11(14)15/h3-4,9H,5,13H2,1-2H3,(H,14,15). The van der Waals surface area contributed by atoms with E-state index in [-0.39, 0.29) is 22.6 Å². The first-order valence-corrected chi connectivity index (χ1v) is 4.84. The molecule has 1 unspecified atom stereocenters. The van der Waals surface area contributed by atoms with Crippen molar-refractivity contribution in [2.45, 2.75) is 12.7 Å². The van der Waals surface area contributed by atoms with Gasteiger partial charge in [-0.3, -0.25) is 4.79 Å². The summed E-state index contributed by atoms with van der Waals surface area (Å²) in [5.41, 5.74) is 5.98. The number of ether oxygens (including phenoxy) is 2. The number of aliphatic carboxylic acids is 1. The minimum Gasteiger partial charge on any atom is -0.493 e. The van der Waals surface area contributed by atoms with E-state index in [2.05, 4.69) is 0 Å². The second kappa shape index (κ2) is 5.49. The first kappa shape index (κ1) is 13.2. The van der Waals surface area contributed by atoms with Crippen molar-refractivity contribution >= 4 is 5.97 Å². The molecule has 0 heterocycles. The molecule has 0 aliphatic rings. The summed E-state index contributed by atoms with van der Waals surface area (Å²) in [5.74, 6) is -0.754. The fraction of sp³-hybridized carbons (Fsp3) is 0.364. The van der Waals surface area contributed by atoms with Gasteiger partial charge in [0.05, 0.1) is 14.2 Å². The third-order valence-corrected chi connectivity index (χ3v) is 2.32. The largest absolute Gasteiger partial charge is 0.493 e. The molecule has 0 aromatic heterocycles. The summed E-state index contributed by atoms with van der Waals surface area (Å²) in [6.45, 7) is -0.736. The third kappa shape index (κ3) is 2.65. The number of alkyl halides is 1. The molecule has 1 aromatic rings. The number of halogens is 1. The van der Waals surface area contributed by atoms with Gasteiger partial charge >= 0.3 is 5.97 Å². The van der Waals surface area contributed by atoms with E-state index in [4.69, 9.17) is 20.3 Å². The Morgan fingerprint density at radius 1 is 1.47 bits per heavy atom. The number of carbonyl (C=O) groups is 1. The lowest BCUT2D eigenvalue weighted by atomic mass is 10.0. The molecule has 94 valence electrons. The fourth-order valence-electron chi connectivity index (χ4n) is 1.49. The van der Waals surface area contributed by atoms with Crippen LogP contribution < -0.4 is 15.2 Å². The first-order chi connectivity index (χ1) is 8.04. The Kier molecular flexibility index (Phi) is 4.28. The predicted octanol–water partition coefficient (Wildman–Crippen LogP) is 1.26. The topological polar surface area (TPSA) is 81.8 Å². The lowest BCUT2D eigenvalue weighted by molar-refractivity contribution is -0.138. The Labute approximate surface area is 97.9 Å². The predicted molar refractivity (Wildman–Crippen MR) is 58.9 cm³/mol. The zero-order valence-electron chi connectivity index (χ0n) is 9.57. The number of hydrogen-bond donors (Lipinski definition) is 2. The fourth-order valence-corrected chi connectivity index (χ4v) is 1.49. The Balaban J connectivity index is 3.38. The molecule has 5 nitrogen and oxygen atoms in total. The number of benzene rings is 1. The Hall–Kier alpha value is -1.82. The number of nitrogens with two attached hydrogens (primary N) is 1. The minimum absolute atomic E-state index is 0.187. The van der Waals surface area contributed by atoms with Gasteiger partial charge in [-0.05, 0) is 17.7 Å². The average molecular weight is 243 g/mol. The molecular formula is C11H14FNO4. The minimum atomic E-state index is -1.29. The van der Waals surface area contributed by atoms with Crippen molar-refractivity contribution in [1.82, 2.24) is 0 Å². The van der Waals surface area contributed by atoms with Crippen LogP contribution in [0, 0.1) is 0 Å². The smallest absolute Gasteiger partial charge is 0.325 e. The average Bonchev–Trinajstić information content (AvgIpc) is 2.35. The molecule has 3 N–H and O–H groups in total. The van der Waals surface area contributed by atoms with Crippen LogP contribution in [0.2, 0.25) is 0 Å². The summed E-state index contributed by atoms with van der Waals surface area (Å²) >= 11 is 0. The van der Waals surface area contributed by atoms with Crippen LogP contribution in [0.4, 0.5) is 4.39 Å². The molecule has 0 amide bonds. The summed E-state index contributed by atoms with van der Waals surface area (Å²) in [5, 5.41) is 8.87. The number of carboxylic acid groups (broad SMARTS) is 1. The first-order valence-electron chi connectivity index (χ1n) is 4.84. The van der Waals surface area contributed by atoms with E-state index < -0.39 is 18.7 Å². The van der Waals surface area contributed by atoms with Crippen LogP contribution in [-0.4, -0.2) is 25.3 Å². The van der Waals surface area contributed by atoms with Crippen LogP contribution in [-0.2, 0) is 11.5 Å². The highest BCUT2D eigenvalue weighted by atomic mass is 19.1. The van der Waals surface area contributed by atoms with Crippen molar-refractivity contribution < 1.29 is 23.8 Å².